The van der Waals surface area contributed by atoms with Gasteiger partial charge in [0.25, 0.3) is 0 Å². The molecule has 17 heavy (non-hydrogen) atoms. The fourth-order valence-corrected chi connectivity index (χ4v) is 2.18. The Morgan fingerprint density at radius 2 is 2.06 bits per heavy atom. The second kappa shape index (κ2) is 8.17. The average Bonchev–Trinajstić information content (AvgIpc) is 2.36. The average molecular weight is 254 g/mol. The first-order valence-electron chi connectivity index (χ1n) is 6.11. The molecule has 0 radical (unpaired) electrons. The molecule has 4 nitrogen and oxygen atoms in total. The van der Waals surface area contributed by atoms with Crippen molar-refractivity contribution in [3.63, 3.8) is 0 Å². The van der Waals surface area contributed by atoms with Gasteiger partial charge in [0, 0.05) is 24.4 Å². The Balaban J connectivity index is 2.57. The molecule has 5 heteroatoms. The van der Waals surface area contributed by atoms with Gasteiger partial charge in [0.15, 0.2) is 0 Å². The molecule has 1 heterocycles. The molecule has 1 atom stereocenters. The standard InChI is InChI=1S/C12H22N4S/c1-4-6-13-11-7-12(15-9-14-11)16-10(5-2)8-17-3/h7,9-10H,4-6,8H2,1-3H3,(H2,13,14,15,16). The summed E-state index contributed by atoms with van der Waals surface area (Å²) in [5, 5.41) is 6.70. The first-order chi connectivity index (χ1) is 8.30. The van der Waals surface area contributed by atoms with E-state index in [2.05, 4.69) is 40.7 Å². The smallest absolute Gasteiger partial charge is 0.131 e. The van der Waals surface area contributed by atoms with E-state index in [1.807, 2.05) is 17.8 Å². The number of nitrogens with zero attached hydrogens (tertiary/aromatic N) is 2. The molecule has 96 valence electrons. The molecular formula is C12H22N4S. The molecule has 0 aliphatic heterocycles. The molecule has 0 fully saturated rings. The highest BCUT2D eigenvalue weighted by molar-refractivity contribution is 7.98. The molecular weight excluding hydrogens is 232 g/mol. The summed E-state index contributed by atoms with van der Waals surface area (Å²) >= 11 is 1.85. The molecule has 0 spiro atoms. The van der Waals surface area contributed by atoms with E-state index in [0.717, 1.165) is 36.8 Å². The Hall–Kier alpha value is -0.970. The lowest BCUT2D eigenvalue weighted by Gasteiger charge is -2.16. The highest BCUT2D eigenvalue weighted by Crippen LogP contribution is 2.12. The lowest BCUT2D eigenvalue weighted by molar-refractivity contribution is 0.769. The summed E-state index contributed by atoms with van der Waals surface area (Å²) in [5.41, 5.74) is 0. The zero-order valence-corrected chi connectivity index (χ0v) is 11.7. The molecule has 0 aromatic carbocycles. The largest absolute Gasteiger partial charge is 0.370 e. The van der Waals surface area contributed by atoms with Crippen LogP contribution in [0.4, 0.5) is 11.6 Å². The maximum atomic E-state index is 4.25. The van der Waals surface area contributed by atoms with Crippen LogP contribution in [-0.4, -0.2) is 34.6 Å². The minimum Gasteiger partial charge on any atom is -0.370 e. The highest BCUT2D eigenvalue weighted by Gasteiger charge is 2.06. The molecule has 0 saturated carbocycles. The molecule has 0 bridgehead atoms. The van der Waals surface area contributed by atoms with E-state index >= 15 is 0 Å². The normalized spacial score (nSPS) is 12.2. The third kappa shape index (κ3) is 5.26. The maximum absolute atomic E-state index is 4.25. The Labute approximate surface area is 108 Å². The summed E-state index contributed by atoms with van der Waals surface area (Å²) in [6.45, 7) is 5.27. The molecule has 0 amide bonds. The molecule has 1 unspecified atom stereocenters. The van der Waals surface area contributed by atoms with Gasteiger partial charge >= 0.3 is 0 Å². The number of hydrogen-bond acceptors (Lipinski definition) is 5. The van der Waals surface area contributed by atoms with E-state index in [4.69, 9.17) is 0 Å². The van der Waals surface area contributed by atoms with Crippen molar-refractivity contribution in [2.45, 2.75) is 32.7 Å². The lowest BCUT2D eigenvalue weighted by atomic mass is 10.2. The number of anilines is 2. The van der Waals surface area contributed by atoms with Gasteiger partial charge in [-0.1, -0.05) is 13.8 Å². The Bertz CT molecular complexity index is 319. The minimum atomic E-state index is 0.471. The van der Waals surface area contributed by atoms with Crippen molar-refractivity contribution < 1.29 is 0 Å². The first-order valence-corrected chi connectivity index (χ1v) is 7.50. The second-order valence-corrected chi connectivity index (χ2v) is 4.83. The van der Waals surface area contributed by atoms with Gasteiger partial charge in [-0.05, 0) is 19.1 Å². The predicted octanol–water partition coefficient (Wildman–Crippen LogP) is 2.85. The van der Waals surface area contributed by atoms with Crippen molar-refractivity contribution in [1.29, 1.82) is 0 Å². The van der Waals surface area contributed by atoms with Crippen LogP contribution >= 0.6 is 11.8 Å². The van der Waals surface area contributed by atoms with Gasteiger partial charge in [0.05, 0.1) is 0 Å². The molecule has 0 aliphatic rings. The van der Waals surface area contributed by atoms with Crippen LogP contribution in [0.2, 0.25) is 0 Å². The topological polar surface area (TPSA) is 49.8 Å². The third-order valence-corrected chi connectivity index (χ3v) is 3.17. The van der Waals surface area contributed by atoms with Crippen molar-refractivity contribution in [2.75, 3.05) is 29.2 Å². The number of aromatic nitrogens is 2. The van der Waals surface area contributed by atoms with Crippen LogP contribution in [0, 0.1) is 0 Å². The second-order valence-electron chi connectivity index (χ2n) is 3.92. The van der Waals surface area contributed by atoms with Gasteiger partial charge in [0.2, 0.25) is 0 Å². The van der Waals surface area contributed by atoms with Crippen molar-refractivity contribution in [3.8, 4) is 0 Å². The number of nitrogens with one attached hydrogen (secondary N) is 2. The van der Waals surface area contributed by atoms with Crippen LogP contribution < -0.4 is 10.6 Å². The summed E-state index contributed by atoms with van der Waals surface area (Å²) in [7, 11) is 0. The molecule has 0 aliphatic carbocycles. The van der Waals surface area contributed by atoms with Crippen molar-refractivity contribution in [3.05, 3.63) is 12.4 Å². The van der Waals surface area contributed by atoms with Gasteiger partial charge in [-0.15, -0.1) is 0 Å². The van der Waals surface area contributed by atoms with E-state index < -0.39 is 0 Å². The van der Waals surface area contributed by atoms with Gasteiger partial charge in [-0.25, -0.2) is 9.97 Å². The van der Waals surface area contributed by atoms with Gasteiger partial charge in [0.1, 0.15) is 18.0 Å². The van der Waals surface area contributed by atoms with E-state index in [9.17, 15) is 0 Å². The van der Waals surface area contributed by atoms with Crippen LogP contribution in [0.15, 0.2) is 12.4 Å². The fourth-order valence-electron chi connectivity index (χ4n) is 1.46. The summed E-state index contributed by atoms with van der Waals surface area (Å²) in [6, 6.07) is 2.44. The van der Waals surface area contributed by atoms with Crippen LogP contribution in [0.25, 0.3) is 0 Å². The van der Waals surface area contributed by atoms with Crippen LogP contribution in [0.5, 0.6) is 0 Å². The lowest BCUT2D eigenvalue weighted by Crippen LogP contribution is -2.21. The van der Waals surface area contributed by atoms with E-state index in [0.29, 0.717) is 6.04 Å². The van der Waals surface area contributed by atoms with Crippen LogP contribution in [0.3, 0.4) is 0 Å². The Morgan fingerprint density at radius 3 is 2.71 bits per heavy atom. The highest BCUT2D eigenvalue weighted by atomic mass is 32.2. The molecule has 0 saturated heterocycles. The van der Waals surface area contributed by atoms with E-state index in [1.54, 1.807) is 6.33 Å². The zero-order valence-electron chi connectivity index (χ0n) is 10.9. The van der Waals surface area contributed by atoms with Crippen LogP contribution in [0.1, 0.15) is 26.7 Å². The van der Waals surface area contributed by atoms with Crippen LogP contribution in [-0.2, 0) is 0 Å². The quantitative estimate of drug-likeness (QED) is 0.747. The summed E-state index contributed by atoms with van der Waals surface area (Å²) in [5.74, 6) is 2.89. The number of hydrogen-bond donors (Lipinski definition) is 2. The van der Waals surface area contributed by atoms with Gasteiger partial charge < -0.3 is 10.6 Å². The van der Waals surface area contributed by atoms with E-state index in [-0.39, 0.29) is 0 Å². The molecule has 1 rings (SSSR count). The SMILES string of the molecule is CCCNc1cc(NC(CC)CSC)ncn1. The van der Waals surface area contributed by atoms with Gasteiger partial charge in [-0.2, -0.15) is 11.8 Å². The number of rotatable bonds is 8. The fraction of sp³-hybridized carbons (Fsp3) is 0.667. The van der Waals surface area contributed by atoms with E-state index in [1.165, 1.54) is 0 Å². The first kappa shape index (κ1) is 14.1. The molecule has 1 aromatic rings. The Morgan fingerprint density at radius 1 is 1.29 bits per heavy atom. The maximum Gasteiger partial charge on any atom is 0.131 e. The molecule has 1 aromatic heterocycles. The summed E-state index contributed by atoms with van der Waals surface area (Å²) < 4.78 is 0. The van der Waals surface area contributed by atoms with Crippen molar-refractivity contribution in [2.24, 2.45) is 0 Å². The van der Waals surface area contributed by atoms with Crippen molar-refractivity contribution in [1.82, 2.24) is 9.97 Å². The minimum absolute atomic E-state index is 0.471. The zero-order chi connectivity index (χ0) is 12.5. The van der Waals surface area contributed by atoms with Crippen molar-refractivity contribution >= 4 is 23.4 Å². The van der Waals surface area contributed by atoms with Gasteiger partial charge in [-0.3, -0.25) is 0 Å². The Kier molecular flexibility index (Phi) is 6.77. The summed E-state index contributed by atoms with van der Waals surface area (Å²) in [6.07, 6.45) is 5.92. The molecule has 2 N–H and O–H groups in total. The third-order valence-electron chi connectivity index (χ3n) is 2.44. The monoisotopic (exact) mass is 254 g/mol. The number of thioether (sulfide) groups is 1. The predicted molar refractivity (Wildman–Crippen MR) is 76.9 cm³/mol. The summed E-state index contributed by atoms with van der Waals surface area (Å²) in [4.78, 5) is 8.43.